The van der Waals surface area contributed by atoms with E-state index in [-0.39, 0.29) is 6.03 Å². The van der Waals surface area contributed by atoms with Crippen molar-refractivity contribution in [2.24, 2.45) is 0 Å². The van der Waals surface area contributed by atoms with Gasteiger partial charge in [-0.2, -0.15) is 11.3 Å². The molecule has 0 radical (unpaired) electrons. The Morgan fingerprint density at radius 2 is 2.47 bits per heavy atom. The van der Waals surface area contributed by atoms with E-state index >= 15 is 0 Å². The molecule has 0 unspecified atom stereocenters. The first kappa shape index (κ1) is 9.92. The van der Waals surface area contributed by atoms with Gasteiger partial charge in [0.25, 0.3) is 0 Å². The SMILES string of the molecule is Cc1cscc1CNC(=O)n1ccnc1. The molecular weight excluding hydrogens is 210 g/mol. The standard InChI is InChI=1S/C10H11N3OS/c1-8-5-15-6-9(8)4-12-10(14)13-3-2-11-7-13/h2-3,5-7H,4H2,1H3,(H,12,14). The molecule has 0 aliphatic carbocycles. The predicted molar refractivity (Wildman–Crippen MR) is 58.9 cm³/mol. The van der Waals surface area contributed by atoms with Crippen LogP contribution in [0.4, 0.5) is 4.79 Å². The second-order valence-corrected chi connectivity index (χ2v) is 3.95. The van der Waals surface area contributed by atoms with Crippen LogP contribution in [0.3, 0.4) is 0 Å². The fraction of sp³-hybridized carbons (Fsp3) is 0.200. The summed E-state index contributed by atoms with van der Waals surface area (Å²) in [5.74, 6) is 0. The van der Waals surface area contributed by atoms with E-state index in [1.54, 1.807) is 23.7 Å². The molecule has 0 saturated heterocycles. The van der Waals surface area contributed by atoms with Crippen LogP contribution < -0.4 is 5.32 Å². The second-order valence-electron chi connectivity index (χ2n) is 3.21. The van der Waals surface area contributed by atoms with Gasteiger partial charge in [-0.25, -0.2) is 9.78 Å². The van der Waals surface area contributed by atoms with Crippen molar-refractivity contribution in [3.63, 3.8) is 0 Å². The van der Waals surface area contributed by atoms with E-state index in [4.69, 9.17) is 0 Å². The number of hydrogen-bond acceptors (Lipinski definition) is 3. The normalized spacial score (nSPS) is 10.2. The van der Waals surface area contributed by atoms with E-state index in [0.29, 0.717) is 6.54 Å². The van der Waals surface area contributed by atoms with Gasteiger partial charge in [-0.05, 0) is 28.8 Å². The molecule has 78 valence electrons. The highest BCUT2D eigenvalue weighted by Crippen LogP contribution is 2.12. The summed E-state index contributed by atoms with van der Waals surface area (Å²) >= 11 is 1.64. The Kier molecular flexibility index (Phi) is 2.82. The van der Waals surface area contributed by atoms with Crippen LogP contribution in [0.1, 0.15) is 11.1 Å². The minimum atomic E-state index is -0.155. The van der Waals surface area contributed by atoms with Crippen LogP contribution in [0.5, 0.6) is 0 Å². The smallest absolute Gasteiger partial charge is 0.327 e. The van der Waals surface area contributed by atoms with Crippen LogP contribution in [-0.2, 0) is 6.54 Å². The van der Waals surface area contributed by atoms with Crippen molar-refractivity contribution in [2.45, 2.75) is 13.5 Å². The molecule has 2 aromatic rings. The number of amides is 1. The molecular formula is C10H11N3OS. The Morgan fingerprint density at radius 1 is 1.60 bits per heavy atom. The van der Waals surface area contributed by atoms with Crippen molar-refractivity contribution in [3.05, 3.63) is 40.6 Å². The maximum atomic E-state index is 11.5. The van der Waals surface area contributed by atoms with Gasteiger partial charge in [0, 0.05) is 18.9 Å². The highest BCUT2D eigenvalue weighted by atomic mass is 32.1. The van der Waals surface area contributed by atoms with E-state index in [1.165, 1.54) is 16.5 Å². The van der Waals surface area contributed by atoms with Crippen LogP contribution in [-0.4, -0.2) is 15.6 Å². The Balaban J connectivity index is 1.95. The van der Waals surface area contributed by atoms with Crippen LogP contribution in [0, 0.1) is 6.92 Å². The first-order valence-corrected chi connectivity index (χ1v) is 5.49. The number of rotatable bonds is 2. The summed E-state index contributed by atoms with van der Waals surface area (Å²) in [4.78, 5) is 15.3. The maximum absolute atomic E-state index is 11.5. The highest BCUT2D eigenvalue weighted by molar-refractivity contribution is 7.08. The van der Waals surface area contributed by atoms with Crippen LogP contribution in [0.25, 0.3) is 0 Å². The molecule has 0 saturated carbocycles. The molecule has 1 N–H and O–H groups in total. The number of aryl methyl sites for hydroxylation is 1. The van der Waals surface area contributed by atoms with Crippen molar-refractivity contribution in [3.8, 4) is 0 Å². The fourth-order valence-corrected chi connectivity index (χ4v) is 2.07. The van der Waals surface area contributed by atoms with Crippen molar-refractivity contribution in [1.82, 2.24) is 14.9 Å². The van der Waals surface area contributed by atoms with E-state index in [9.17, 15) is 4.79 Å². The quantitative estimate of drug-likeness (QED) is 0.843. The summed E-state index contributed by atoms with van der Waals surface area (Å²) in [6.45, 7) is 2.60. The molecule has 4 nitrogen and oxygen atoms in total. The molecule has 2 aromatic heterocycles. The number of nitrogens with zero attached hydrogens (tertiary/aromatic N) is 2. The topological polar surface area (TPSA) is 46.9 Å². The summed E-state index contributed by atoms with van der Waals surface area (Å²) < 4.78 is 1.42. The lowest BCUT2D eigenvalue weighted by molar-refractivity contribution is 0.242. The highest BCUT2D eigenvalue weighted by Gasteiger charge is 2.04. The molecule has 2 heterocycles. The first-order chi connectivity index (χ1) is 7.27. The van der Waals surface area contributed by atoms with Gasteiger partial charge in [0.1, 0.15) is 6.33 Å². The van der Waals surface area contributed by atoms with Gasteiger partial charge in [0.15, 0.2) is 0 Å². The molecule has 0 fully saturated rings. The largest absolute Gasteiger partial charge is 0.333 e. The van der Waals surface area contributed by atoms with Crippen molar-refractivity contribution < 1.29 is 4.79 Å². The Hall–Kier alpha value is -1.62. The summed E-state index contributed by atoms with van der Waals surface area (Å²) in [5.41, 5.74) is 2.37. The van der Waals surface area contributed by atoms with Gasteiger partial charge in [0.05, 0.1) is 0 Å². The lowest BCUT2D eigenvalue weighted by atomic mass is 10.2. The molecule has 15 heavy (non-hydrogen) atoms. The predicted octanol–water partition coefficient (Wildman–Crippen LogP) is 2.01. The molecule has 0 bridgehead atoms. The summed E-state index contributed by atoms with van der Waals surface area (Å²) in [6, 6.07) is -0.155. The lowest BCUT2D eigenvalue weighted by Crippen LogP contribution is -2.27. The third-order valence-corrected chi connectivity index (χ3v) is 3.04. The number of carbonyl (C=O) groups is 1. The summed E-state index contributed by atoms with van der Waals surface area (Å²) in [5, 5.41) is 6.93. The van der Waals surface area contributed by atoms with E-state index in [0.717, 1.165) is 5.56 Å². The molecule has 1 amide bonds. The molecule has 5 heteroatoms. The number of carbonyl (C=O) groups excluding carboxylic acids is 1. The maximum Gasteiger partial charge on any atom is 0.327 e. The Bertz CT molecular complexity index is 447. The van der Waals surface area contributed by atoms with Crippen molar-refractivity contribution >= 4 is 17.4 Å². The fourth-order valence-electron chi connectivity index (χ4n) is 1.21. The molecule has 2 rings (SSSR count). The van der Waals surface area contributed by atoms with Gasteiger partial charge in [0.2, 0.25) is 0 Å². The lowest BCUT2D eigenvalue weighted by Gasteiger charge is -2.04. The first-order valence-electron chi connectivity index (χ1n) is 4.55. The van der Waals surface area contributed by atoms with Crippen molar-refractivity contribution in [1.29, 1.82) is 0 Å². The zero-order chi connectivity index (χ0) is 10.7. The van der Waals surface area contributed by atoms with Gasteiger partial charge >= 0.3 is 6.03 Å². The van der Waals surface area contributed by atoms with Crippen molar-refractivity contribution in [2.75, 3.05) is 0 Å². The summed E-state index contributed by atoms with van der Waals surface area (Å²) in [6.07, 6.45) is 4.68. The number of imidazole rings is 1. The minimum Gasteiger partial charge on any atom is -0.333 e. The van der Waals surface area contributed by atoms with Gasteiger partial charge < -0.3 is 5.32 Å². The third kappa shape index (κ3) is 2.24. The summed E-state index contributed by atoms with van der Waals surface area (Å²) in [7, 11) is 0. The Morgan fingerprint density at radius 3 is 3.07 bits per heavy atom. The van der Waals surface area contributed by atoms with E-state index < -0.39 is 0 Å². The molecule has 0 atom stereocenters. The monoisotopic (exact) mass is 221 g/mol. The number of thiophene rings is 1. The Labute approximate surface area is 91.6 Å². The molecule has 0 spiro atoms. The van der Waals surface area contributed by atoms with Crippen LogP contribution >= 0.6 is 11.3 Å². The third-order valence-electron chi connectivity index (χ3n) is 2.13. The van der Waals surface area contributed by atoms with Crippen LogP contribution in [0.15, 0.2) is 29.5 Å². The average Bonchev–Trinajstić information content (AvgIpc) is 2.85. The second kappa shape index (κ2) is 4.27. The average molecular weight is 221 g/mol. The van der Waals surface area contributed by atoms with Gasteiger partial charge in [-0.3, -0.25) is 4.57 Å². The minimum absolute atomic E-state index is 0.155. The van der Waals surface area contributed by atoms with E-state index in [1.807, 2.05) is 12.3 Å². The molecule has 0 aliphatic heterocycles. The van der Waals surface area contributed by atoms with Gasteiger partial charge in [-0.1, -0.05) is 0 Å². The number of aromatic nitrogens is 2. The van der Waals surface area contributed by atoms with Gasteiger partial charge in [-0.15, -0.1) is 0 Å². The zero-order valence-corrected chi connectivity index (χ0v) is 9.12. The molecule has 0 aromatic carbocycles. The number of hydrogen-bond donors (Lipinski definition) is 1. The van der Waals surface area contributed by atoms with Crippen LogP contribution in [0.2, 0.25) is 0 Å². The number of nitrogens with one attached hydrogen (secondary N) is 1. The molecule has 0 aliphatic rings. The van der Waals surface area contributed by atoms with E-state index in [2.05, 4.69) is 15.7 Å². The zero-order valence-electron chi connectivity index (χ0n) is 8.30.